The number of aromatic nitrogens is 1. The van der Waals surface area contributed by atoms with Crippen LogP contribution in [0.4, 0.5) is 8.78 Å². The molecule has 1 aromatic heterocycles. The van der Waals surface area contributed by atoms with Crippen LogP contribution in [0, 0.1) is 0 Å². The maximum atomic E-state index is 12.4. The van der Waals surface area contributed by atoms with Gasteiger partial charge in [-0.05, 0) is 0 Å². The fraction of sp³-hybridized carbons (Fsp3) is 0.375. The standard InChI is InChI=1S/C8H8ClF2NO2/c1-14-6-2-4(9)7(8(10)11)5(3-13)12-6/h2,8,13H,3H2,1H3. The van der Waals surface area contributed by atoms with Crippen LogP contribution < -0.4 is 4.74 Å². The van der Waals surface area contributed by atoms with Gasteiger partial charge in [-0.2, -0.15) is 0 Å². The molecule has 1 rings (SSSR count). The van der Waals surface area contributed by atoms with Crippen LogP contribution in [0.5, 0.6) is 5.88 Å². The van der Waals surface area contributed by atoms with E-state index in [-0.39, 0.29) is 16.6 Å². The molecule has 3 nitrogen and oxygen atoms in total. The summed E-state index contributed by atoms with van der Waals surface area (Å²) in [6.07, 6.45) is -2.76. The molecule has 0 aliphatic carbocycles. The van der Waals surface area contributed by atoms with Crippen LogP contribution in [0.1, 0.15) is 17.7 Å². The molecule has 0 spiro atoms. The summed E-state index contributed by atoms with van der Waals surface area (Å²) < 4.78 is 29.6. The van der Waals surface area contributed by atoms with Gasteiger partial charge in [0, 0.05) is 6.07 Å². The van der Waals surface area contributed by atoms with Gasteiger partial charge in [-0.25, -0.2) is 13.8 Å². The van der Waals surface area contributed by atoms with Gasteiger partial charge in [0.05, 0.1) is 30.0 Å². The van der Waals surface area contributed by atoms with Crippen LogP contribution in [-0.2, 0) is 6.61 Å². The zero-order chi connectivity index (χ0) is 10.7. The summed E-state index contributed by atoms with van der Waals surface area (Å²) in [6, 6.07) is 1.18. The molecule has 1 heterocycles. The van der Waals surface area contributed by atoms with Crippen molar-refractivity contribution in [1.29, 1.82) is 0 Å². The number of aliphatic hydroxyl groups excluding tert-OH is 1. The van der Waals surface area contributed by atoms with Crippen LogP contribution in [-0.4, -0.2) is 17.2 Å². The number of methoxy groups -OCH3 is 1. The summed E-state index contributed by atoms with van der Waals surface area (Å²) >= 11 is 5.58. The number of hydrogen-bond acceptors (Lipinski definition) is 3. The zero-order valence-corrected chi connectivity index (χ0v) is 8.05. The molecular weight excluding hydrogens is 216 g/mol. The second-order valence-corrected chi connectivity index (χ2v) is 2.87. The molecule has 1 aromatic rings. The van der Waals surface area contributed by atoms with E-state index >= 15 is 0 Å². The Hall–Kier alpha value is -0.940. The number of ether oxygens (including phenoxy) is 1. The highest BCUT2D eigenvalue weighted by Crippen LogP contribution is 2.31. The third-order valence-corrected chi connectivity index (χ3v) is 1.95. The molecule has 78 valence electrons. The van der Waals surface area contributed by atoms with Gasteiger partial charge in [-0.1, -0.05) is 11.6 Å². The maximum Gasteiger partial charge on any atom is 0.267 e. The number of alkyl halides is 2. The highest BCUT2D eigenvalue weighted by Gasteiger charge is 2.19. The van der Waals surface area contributed by atoms with Gasteiger partial charge in [0.15, 0.2) is 0 Å². The van der Waals surface area contributed by atoms with Crippen molar-refractivity contribution in [2.75, 3.05) is 7.11 Å². The quantitative estimate of drug-likeness (QED) is 0.854. The Morgan fingerprint density at radius 2 is 2.29 bits per heavy atom. The van der Waals surface area contributed by atoms with E-state index in [1.807, 2.05) is 0 Å². The van der Waals surface area contributed by atoms with Crippen molar-refractivity contribution < 1.29 is 18.6 Å². The third kappa shape index (κ3) is 2.10. The summed E-state index contributed by atoms with van der Waals surface area (Å²) in [5.41, 5.74) is -0.612. The number of rotatable bonds is 3. The van der Waals surface area contributed by atoms with Gasteiger partial charge in [-0.3, -0.25) is 0 Å². The van der Waals surface area contributed by atoms with Gasteiger partial charge >= 0.3 is 0 Å². The summed E-state index contributed by atoms with van der Waals surface area (Å²) in [6.45, 7) is -0.601. The average Bonchev–Trinajstić information content (AvgIpc) is 2.15. The first-order valence-corrected chi connectivity index (χ1v) is 4.10. The first kappa shape index (κ1) is 11.1. The Labute approximate surface area is 84.3 Å². The monoisotopic (exact) mass is 223 g/mol. The minimum absolute atomic E-state index is 0.100. The van der Waals surface area contributed by atoms with Crippen molar-refractivity contribution in [3.8, 4) is 5.88 Å². The number of nitrogens with zero attached hydrogens (tertiary/aromatic N) is 1. The van der Waals surface area contributed by atoms with Gasteiger partial charge in [-0.15, -0.1) is 0 Å². The average molecular weight is 224 g/mol. The van der Waals surface area contributed by atoms with Crippen LogP contribution in [0.25, 0.3) is 0 Å². The Morgan fingerprint density at radius 3 is 2.71 bits per heavy atom. The summed E-state index contributed by atoms with van der Waals surface area (Å²) in [7, 11) is 1.34. The molecule has 0 amide bonds. The van der Waals surface area contributed by atoms with E-state index in [0.29, 0.717) is 0 Å². The first-order chi connectivity index (χ1) is 6.60. The second-order valence-electron chi connectivity index (χ2n) is 2.47. The van der Waals surface area contributed by atoms with Gasteiger partial charge in [0.1, 0.15) is 0 Å². The predicted molar refractivity (Wildman–Crippen MR) is 46.7 cm³/mol. The van der Waals surface area contributed by atoms with Crippen molar-refractivity contribution in [2.45, 2.75) is 13.0 Å². The Bertz CT molecular complexity index is 333. The molecule has 0 atom stereocenters. The molecule has 1 N–H and O–H groups in total. The maximum absolute atomic E-state index is 12.4. The fourth-order valence-corrected chi connectivity index (χ4v) is 1.29. The summed E-state index contributed by atoms with van der Waals surface area (Å²) in [5, 5.41) is 8.65. The van der Waals surface area contributed by atoms with Crippen LogP contribution in [0.3, 0.4) is 0 Å². The number of pyridine rings is 1. The topological polar surface area (TPSA) is 42.4 Å². The smallest absolute Gasteiger partial charge is 0.267 e. The molecule has 0 aromatic carbocycles. The third-order valence-electron chi connectivity index (χ3n) is 1.64. The largest absolute Gasteiger partial charge is 0.481 e. The second kappa shape index (κ2) is 4.52. The molecule has 0 saturated carbocycles. The van der Waals surface area contributed by atoms with Crippen LogP contribution >= 0.6 is 11.6 Å². The summed E-state index contributed by atoms with van der Waals surface area (Å²) in [5.74, 6) is 0.100. The zero-order valence-electron chi connectivity index (χ0n) is 7.30. The first-order valence-electron chi connectivity index (χ1n) is 3.72. The van der Waals surface area contributed by atoms with E-state index < -0.39 is 18.6 Å². The minimum Gasteiger partial charge on any atom is -0.481 e. The van der Waals surface area contributed by atoms with Crippen molar-refractivity contribution >= 4 is 11.6 Å². The Morgan fingerprint density at radius 1 is 1.64 bits per heavy atom. The Balaban J connectivity index is 3.27. The molecule has 14 heavy (non-hydrogen) atoms. The van der Waals surface area contributed by atoms with Gasteiger partial charge in [0.2, 0.25) is 5.88 Å². The molecule has 0 unspecified atom stereocenters. The van der Waals surface area contributed by atoms with E-state index in [0.717, 1.165) is 0 Å². The van der Waals surface area contributed by atoms with E-state index in [1.54, 1.807) is 0 Å². The van der Waals surface area contributed by atoms with E-state index in [1.165, 1.54) is 13.2 Å². The summed E-state index contributed by atoms with van der Waals surface area (Å²) in [4.78, 5) is 3.66. The highest BCUT2D eigenvalue weighted by molar-refractivity contribution is 6.31. The normalized spacial score (nSPS) is 10.7. The number of hydrogen-bond donors (Lipinski definition) is 1. The van der Waals surface area contributed by atoms with Crippen molar-refractivity contribution in [2.24, 2.45) is 0 Å². The molecule has 0 aliphatic rings. The molecule has 0 saturated heterocycles. The molecule has 0 aliphatic heterocycles. The molecule has 6 heteroatoms. The SMILES string of the molecule is COc1cc(Cl)c(C(F)F)c(CO)n1. The van der Waals surface area contributed by atoms with Crippen molar-refractivity contribution in [3.05, 3.63) is 22.3 Å². The van der Waals surface area contributed by atoms with Crippen molar-refractivity contribution in [3.63, 3.8) is 0 Å². The van der Waals surface area contributed by atoms with Crippen molar-refractivity contribution in [1.82, 2.24) is 4.98 Å². The minimum atomic E-state index is -2.76. The molecule has 0 bridgehead atoms. The van der Waals surface area contributed by atoms with E-state index in [2.05, 4.69) is 4.98 Å². The number of aliphatic hydroxyl groups is 1. The number of halogens is 3. The molecule has 0 radical (unpaired) electrons. The van der Waals surface area contributed by atoms with Crippen LogP contribution in [0.2, 0.25) is 5.02 Å². The molecular formula is C8H8ClF2NO2. The highest BCUT2D eigenvalue weighted by atomic mass is 35.5. The van der Waals surface area contributed by atoms with E-state index in [9.17, 15) is 8.78 Å². The molecule has 0 fully saturated rings. The fourth-order valence-electron chi connectivity index (χ4n) is 1.00. The lowest BCUT2D eigenvalue weighted by atomic mass is 10.2. The van der Waals surface area contributed by atoms with Crippen LogP contribution in [0.15, 0.2) is 6.07 Å². The lowest BCUT2D eigenvalue weighted by molar-refractivity contribution is 0.146. The Kier molecular flexibility index (Phi) is 3.60. The van der Waals surface area contributed by atoms with Gasteiger partial charge < -0.3 is 9.84 Å². The predicted octanol–water partition coefficient (Wildman–Crippen LogP) is 2.17. The van der Waals surface area contributed by atoms with Gasteiger partial charge in [0.25, 0.3) is 6.43 Å². The lowest BCUT2D eigenvalue weighted by Crippen LogP contribution is -2.01. The lowest BCUT2D eigenvalue weighted by Gasteiger charge is -2.09. The van der Waals surface area contributed by atoms with E-state index in [4.69, 9.17) is 21.4 Å².